The number of anilines is 1. The molecular formula is C12H16N4O2S. The maximum atomic E-state index is 12.2. The van der Waals surface area contributed by atoms with E-state index in [-0.39, 0.29) is 5.91 Å². The minimum absolute atomic E-state index is 0.232. The summed E-state index contributed by atoms with van der Waals surface area (Å²) in [5.41, 5.74) is 6.43. The van der Waals surface area contributed by atoms with Gasteiger partial charge in [0.15, 0.2) is 0 Å². The van der Waals surface area contributed by atoms with E-state index in [4.69, 9.17) is 10.5 Å². The number of rotatable bonds is 4. The van der Waals surface area contributed by atoms with E-state index in [1.807, 2.05) is 13.8 Å². The molecule has 0 aliphatic rings. The Morgan fingerprint density at radius 2 is 2.16 bits per heavy atom. The van der Waals surface area contributed by atoms with Crippen molar-refractivity contribution in [1.29, 1.82) is 0 Å². The molecule has 0 unspecified atom stereocenters. The van der Waals surface area contributed by atoms with Crippen LogP contribution in [0.25, 0.3) is 10.3 Å². The summed E-state index contributed by atoms with van der Waals surface area (Å²) in [5.74, 6) is -0.232. The minimum atomic E-state index is -0.463. The maximum Gasteiger partial charge on any atom is 0.264 e. The van der Waals surface area contributed by atoms with Crippen molar-refractivity contribution in [2.75, 3.05) is 19.5 Å². The van der Waals surface area contributed by atoms with Gasteiger partial charge < -0.3 is 15.8 Å². The number of nitrogens with two attached hydrogens (primary N) is 1. The number of nitrogen functional groups attached to an aromatic ring is 1. The number of methoxy groups -OCH3 is 1. The molecule has 2 heterocycles. The van der Waals surface area contributed by atoms with Gasteiger partial charge in [-0.25, -0.2) is 9.97 Å². The summed E-state index contributed by atoms with van der Waals surface area (Å²) in [4.78, 5) is 21.6. The van der Waals surface area contributed by atoms with E-state index in [1.165, 1.54) is 11.3 Å². The second kappa shape index (κ2) is 5.10. The molecule has 102 valence electrons. The monoisotopic (exact) mass is 280 g/mol. The first kappa shape index (κ1) is 13.7. The molecule has 6 nitrogen and oxygen atoms in total. The van der Waals surface area contributed by atoms with Crippen LogP contribution < -0.4 is 11.1 Å². The van der Waals surface area contributed by atoms with Crippen LogP contribution in [0.15, 0.2) is 12.4 Å². The van der Waals surface area contributed by atoms with Crippen LogP contribution in [-0.2, 0) is 4.74 Å². The lowest BCUT2D eigenvalue weighted by atomic mass is 10.1. The number of nitrogens with zero attached hydrogens (tertiary/aromatic N) is 2. The normalized spacial score (nSPS) is 11.7. The second-order valence-corrected chi connectivity index (χ2v) is 5.83. The van der Waals surface area contributed by atoms with E-state index in [0.29, 0.717) is 27.5 Å². The average molecular weight is 280 g/mol. The number of hydrogen-bond acceptors (Lipinski definition) is 6. The van der Waals surface area contributed by atoms with E-state index >= 15 is 0 Å². The van der Waals surface area contributed by atoms with Gasteiger partial charge in [0.25, 0.3) is 5.91 Å². The fraction of sp³-hybridized carbons (Fsp3) is 0.417. The summed E-state index contributed by atoms with van der Waals surface area (Å²) in [5, 5.41) is 2.89. The van der Waals surface area contributed by atoms with E-state index in [9.17, 15) is 4.79 Å². The molecule has 0 aliphatic heterocycles. The van der Waals surface area contributed by atoms with Gasteiger partial charge >= 0.3 is 0 Å². The second-order valence-electron chi connectivity index (χ2n) is 4.83. The molecule has 0 fully saturated rings. The maximum absolute atomic E-state index is 12.2. The third kappa shape index (κ3) is 2.82. The van der Waals surface area contributed by atoms with Gasteiger partial charge in [0, 0.05) is 19.5 Å². The molecule has 0 bridgehead atoms. The van der Waals surface area contributed by atoms with Crippen molar-refractivity contribution < 1.29 is 9.53 Å². The number of thiophene rings is 1. The molecule has 0 saturated carbocycles. The van der Waals surface area contributed by atoms with Gasteiger partial charge in [-0.3, -0.25) is 4.79 Å². The van der Waals surface area contributed by atoms with Gasteiger partial charge in [-0.15, -0.1) is 11.3 Å². The standard InChI is InChI=1S/C12H16N4O2S/c1-12(2,6-18-3)16-10(17)9-7(13)8-11(19-9)15-5-4-14-8/h4-5H,6,13H2,1-3H3,(H,16,17). The Morgan fingerprint density at radius 3 is 2.79 bits per heavy atom. The highest BCUT2D eigenvalue weighted by molar-refractivity contribution is 7.21. The third-order valence-electron chi connectivity index (χ3n) is 2.53. The van der Waals surface area contributed by atoms with Crippen LogP contribution in [0.1, 0.15) is 23.5 Å². The van der Waals surface area contributed by atoms with Crippen LogP contribution in [0, 0.1) is 0 Å². The van der Waals surface area contributed by atoms with Crippen LogP contribution in [0.2, 0.25) is 0 Å². The Balaban J connectivity index is 2.29. The smallest absolute Gasteiger partial charge is 0.264 e. The van der Waals surface area contributed by atoms with E-state index in [2.05, 4.69) is 15.3 Å². The van der Waals surface area contributed by atoms with Gasteiger partial charge in [-0.05, 0) is 13.8 Å². The van der Waals surface area contributed by atoms with Crippen LogP contribution >= 0.6 is 11.3 Å². The van der Waals surface area contributed by atoms with Gasteiger partial charge in [-0.1, -0.05) is 0 Å². The number of carbonyl (C=O) groups excluding carboxylic acids is 1. The minimum Gasteiger partial charge on any atom is -0.396 e. The Hall–Kier alpha value is -1.73. The number of nitrogens with one attached hydrogen (secondary N) is 1. The van der Waals surface area contributed by atoms with E-state index in [0.717, 1.165) is 0 Å². The Morgan fingerprint density at radius 1 is 1.47 bits per heavy atom. The molecule has 19 heavy (non-hydrogen) atoms. The molecule has 0 spiro atoms. The van der Waals surface area contributed by atoms with Crippen molar-refractivity contribution in [3.05, 3.63) is 17.3 Å². The van der Waals surface area contributed by atoms with E-state index in [1.54, 1.807) is 19.5 Å². The molecule has 2 aromatic heterocycles. The fourth-order valence-corrected chi connectivity index (χ4v) is 2.69. The summed E-state index contributed by atoms with van der Waals surface area (Å²) in [6.07, 6.45) is 3.14. The predicted molar refractivity (Wildman–Crippen MR) is 75.2 cm³/mol. The van der Waals surface area contributed by atoms with Gasteiger partial charge in [0.2, 0.25) is 0 Å². The molecule has 0 atom stereocenters. The van der Waals surface area contributed by atoms with Crippen molar-refractivity contribution in [3.8, 4) is 0 Å². The van der Waals surface area contributed by atoms with Crippen LogP contribution in [0.5, 0.6) is 0 Å². The van der Waals surface area contributed by atoms with Crippen molar-refractivity contribution in [1.82, 2.24) is 15.3 Å². The molecule has 2 rings (SSSR count). The number of fused-ring (bicyclic) bond motifs is 1. The lowest BCUT2D eigenvalue weighted by Gasteiger charge is -2.24. The molecule has 0 aromatic carbocycles. The fourth-order valence-electron chi connectivity index (χ4n) is 1.77. The lowest BCUT2D eigenvalue weighted by molar-refractivity contribution is 0.0824. The summed E-state index contributed by atoms with van der Waals surface area (Å²) in [6, 6.07) is 0. The average Bonchev–Trinajstić information content (AvgIpc) is 2.67. The van der Waals surface area contributed by atoms with Crippen molar-refractivity contribution in [2.24, 2.45) is 0 Å². The zero-order valence-electron chi connectivity index (χ0n) is 11.1. The summed E-state index contributed by atoms with van der Waals surface area (Å²) >= 11 is 1.24. The first-order chi connectivity index (χ1) is 8.94. The molecule has 1 amide bonds. The van der Waals surface area contributed by atoms with E-state index < -0.39 is 5.54 Å². The lowest BCUT2D eigenvalue weighted by Crippen LogP contribution is -2.46. The van der Waals surface area contributed by atoms with Crippen LogP contribution in [-0.4, -0.2) is 35.1 Å². The summed E-state index contributed by atoms with van der Waals surface area (Å²) < 4.78 is 5.07. The Bertz CT molecular complexity index is 609. The third-order valence-corrected chi connectivity index (χ3v) is 3.63. The first-order valence-corrected chi connectivity index (χ1v) is 6.56. The zero-order valence-corrected chi connectivity index (χ0v) is 11.9. The molecule has 0 radical (unpaired) electrons. The highest BCUT2D eigenvalue weighted by Gasteiger charge is 2.24. The van der Waals surface area contributed by atoms with Crippen LogP contribution in [0.3, 0.4) is 0 Å². The van der Waals surface area contributed by atoms with Gasteiger partial charge in [-0.2, -0.15) is 0 Å². The number of carbonyl (C=O) groups is 1. The number of ether oxygens (including phenoxy) is 1. The molecule has 0 aliphatic carbocycles. The quantitative estimate of drug-likeness (QED) is 0.884. The summed E-state index contributed by atoms with van der Waals surface area (Å²) in [6.45, 7) is 4.18. The first-order valence-electron chi connectivity index (χ1n) is 5.75. The van der Waals surface area contributed by atoms with Crippen LogP contribution in [0.4, 0.5) is 5.69 Å². The molecule has 3 N–H and O–H groups in total. The highest BCUT2D eigenvalue weighted by atomic mass is 32.1. The topological polar surface area (TPSA) is 90.1 Å². The molecule has 0 saturated heterocycles. The SMILES string of the molecule is COCC(C)(C)NC(=O)c1sc2nccnc2c1N. The number of aromatic nitrogens is 2. The number of amides is 1. The summed E-state index contributed by atoms with van der Waals surface area (Å²) in [7, 11) is 1.59. The van der Waals surface area contributed by atoms with Gasteiger partial charge in [0.1, 0.15) is 15.2 Å². The molecule has 7 heteroatoms. The molecular weight excluding hydrogens is 264 g/mol. The zero-order chi connectivity index (χ0) is 14.0. The van der Waals surface area contributed by atoms with Crippen molar-refractivity contribution >= 4 is 33.3 Å². The highest BCUT2D eigenvalue weighted by Crippen LogP contribution is 2.30. The Kier molecular flexibility index (Phi) is 3.68. The Labute approximate surface area is 115 Å². The predicted octanol–water partition coefficient (Wildman–Crippen LogP) is 1.43. The number of hydrogen-bond donors (Lipinski definition) is 2. The van der Waals surface area contributed by atoms with Crippen molar-refractivity contribution in [2.45, 2.75) is 19.4 Å². The largest absolute Gasteiger partial charge is 0.396 e. The van der Waals surface area contributed by atoms with Gasteiger partial charge in [0.05, 0.1) is 17.8 Å². The molecule has 2 aromatic rings. The van der Waals surface area contributed by atoms with Crippen molar-refractivity contribution in [3.63, 3.8) is 0 Å².